The van der Waals surface area contributed by atoms with Gasteiger partial charge in [-0.2, -0.15) is 5.10 Å². The predicted molar refractivity (Wildman–Crippen MR) is 112 cm³/mol. The molecule has 2 N–H and O–H groups in total. The molecule has 0 aliphatic rings. The number of imidazole rings is 1. The van der Waals surface area contributed by atoms with E-state index in [9.17, 15) is 4.39 Å². The summed E-state index contributed by atoms with van der Waals surface area (Å²) in [7, 11) is 3.50. The van der Waals surface area contributed by atoms with Crippen molar-refractivity contribution in [2.75, 3.05) is 7.05 Å². The van der Waals surface area contributed by atoms with E-state index in [4.69, 9.17) is 0 Å². The second-order valence-corrected chi connectivity index (χ2v) is 5.71. The molecule has 0 unspecified atom stereocenters. The minimum atomic E-state index is -0.299. The third-order valence-electron chi connectivity index (χ3n) is 4.00. The maximum absolute atomic E-state index is 14.4. The molecular weight excluding hydrogens is 462 g/mol. The van der Waals surface area contributed by atoms with Gasteiger partial charge in [-0.1, -0.05) is 6.07 Å². The van der Waals surface area contributed by atoms with Crippen molar-refractivity contribution in [3.05, 3.63) is 59.9 Å². The second-order valence-electron chi connectivity index (χ2n) is 5.71. The Hall–Kier alpha value is -2.50. The maximum atomic E-state index is 14.4. The number of guanidine groups is 1. The highest BCUT2D eigenvalue weighted by Crippen LogP contribution is 2.16. The summed E-state index contributed by atoms with van der Waals surface area (Å²) in [6, 6.07) is 5.13. The number of hydrogen-bond donors (Lipinski definition) is 2. The van der Waals surface area contributed by atoms with Gasteiger partial charge in [0.1, 0.15) is 23.8 Å². The zero-order chi connectivity index (χ0) is 18.5. The van der Waals surface area contributed by atoms with Gasteiger partial charge in [0, 0.05) is 33.0 Å². The van der Waals surface area contributed by atoms with Gasteiger partial charge in [0.05, 0.1) is 12.2 Å². The highest BCUT2D eigenvalue weighted by molar-refractivity contribution is 14.0. The molecule has 144 valence electrons. The zero-order valence-electron chi connectivity index (χ0n) is 15.3. The van der Waals surface area contributed by atoms with E-state index < -0.39 is 0 Å². The van der Waals surface area contributed by atoms with E-state index in [0.717, 1.165) is 17.2 Å². The summed E-state index contributed by atoms with van der Waals surface area (Å²) < 4.78 is 17.8. The molecule has 3 rings (SSSR count). The molecule has 0 spiro atoms. The number of rotatable bonds is 5. The molecule has 8 nitrogen and oxygen atoms in total. The normalized spacial score (nSPS) is 11.2. The van der Waals surface area contributed by atoms with Crippen LogP contribution in [0.1, 0.15) is 17.2 Å². The molecule has 0 fully saturated rings. The summed E-state index contributed by atoms with van der Waals surface area (Å²) in [6.45, 7) is 2.77. The first-order valence-electron chi connectivity index (χ1n) is 8.14. The van der Waals surface area contributed by atoms with Gasteiger partial charge < -0.3 is 15.2 Å². The van der Waals surface area contributed by atoms with Gasteiger partial charge in [-0.25, -0.2) is 14.4 Å². The molecule has 0 atom stereocenters. The molecule has 0 saturated carbocycles. The van der Waals surface area contributed by atoms with Gasteiger partial charge in [-0.05, 0) is 24.6 Å². The van der Waals surface area contributed by atoms with Crippen LogP contribution in [0, 0.1) is 12.7 Å². The Morgan fingerprint density at radius 1 is 1.22 bits per heavy atom. The van der Waals surface area contributed by atoms with E-state index in [-0.39, 0.29) is 29.8 Å². The number of nitrogens with zero attached hydrogens (tertiary/aromatic N) is 6. The molecular formula is C17H22FIN8. The second kappa shape index (κ2) is 9.44. The van der Waals surface area contributed by atoms with Crippen molar-refractivity contribution >= 4 is 29.9 Å². The van der Waals surface area contributed by atoms with Gasteiger partial charge in [0.25, 0.3) is 0 Å². The Balaban J connectivity index is 0.00000261. The first-order chi connectivity index (χ1) is 12.6. The van der Waals surface area contributed by atoms with Crippen LogP contribution in [0.4, 0.5) is 4.39 Å². The van der Waals surface area contributed by atoms with Crippen LogP contribution in [0.15, 0.2) is 41.9 Å². The van der Waals surface area contributed by atoms with Crippen molar-refractivity contribution in [3.63, 3.8) is 0 Å². The smallest absolute Gasteiger partial charge is 0.191 e. The van der Waals surface area contributed by atoms with E-state index >= 15 is 0 Å². The molecule has 10 heteroatoms. The SMILES string of the molecule is CN=C(NCc1ccc(-n2ccnc2C)c(F)c1)NCc1ncnn1C.I. The number of aromatic nitrogens is 5. The predicted octanol–water partition coefficient (Wildman–Crippen LogP) is 1.93. The number of halogens is 2. The lowest BCUT2D eigenvalue weighted by atomic mass is 10.2. The molecule has 2 aromatic heterocycles. The van der Waals surface area contributed by atoms with Crippen LogP contribution in [0.5, 0.6) is 0 Å². The van der Waals surface area contributed by atoms with Gasteiger partial charge in [-0.3, -0.25) is 9.67 Å². The summed E-state index contributed by atoms with van der Waals surface area (Å²) >= 11 is 0. The molecule has 0 radical (unpaired) electrons. The molecule has 0 bridgehead atoms. The summed E-state index contributed by atoms with van der Waals surface area (Å²) in [6.07, 6.45) is 4.89. The third kappa shape index (κ3) is 5.02. The first kappa shape index (κ1) is 20.8. The highest BCUT2D eigenvalue weighted by Gasteiger charge is 2.08. The van der Waals surface area contributed by atoms with E-state index in [1.165, 1.54) is 12.4 Å². The lowest BCUT2D eigenvalue weighted by Crippen LogP contribution is -2.37. The largest absolute Gasteiger partial charge is 0.352 e. The van der Waals surface area contributed by atoms with Crippen molar-refractivity contribution in [1.29, 1.82) is 0 Å². The van der Waals surface area contributed by atoms with Crippen LogP contribution in [-0.4, -0.2) is 37.3 Å². The number of hydrogen-bond acceptors (Lipinski definition) is 4. The Bertz CT molecular complexity index is 917. The van der Waals surface area contributed by atoms with E-state index in [1.807, 2.05) is 20.0 Å². The van der Waals surface area contributed by atoms with Crippen LogP contribution in [0.3, 0.4) is 0 Å². The molecule has 0 aliphatic heterocycles. The average Bonchev–Trinajstić information content (AvgIpc) is 3.23. The maximum Gasteiger partial charge on any atom is 0.191 e. The van der Waals surface area contributed by atoms with E-state index in [1.54, 1.807) is 34.8 Å². The van der Waals surface area contributed by atoms with E-state index in [0.29, 0.717) is 24.7 Å². The minimum absolute atomic E-state index is 0. The third-order valence-corrected chi connectivity index (χ3v) is 4.00. The van der Waals surface area contributed by atoms with Crippen molar-refractivity contribution < 1.29 is 4.39 Å². The standard InChI is InChI=1S/C17H21FN8.HI/c1-12-20-6-7-26(12)15-5-4-13(8-14(15)18)9-21-17(19-2)22-10-16-23-11-24-25(16)3;/h4-8,11H,9-10H2,1-3H3,(H2,19,21,22);1H. The summed E-state index contributed by atoms with van der Waals surface area (Å²) in [4.78, 5) is 12.4. The number of aryl methyl sites for hydroxylation is 2. The van der Waals surface area contributed by atoms with Gasteiger partial charge in [0.2, 0.25) is 0 Å². The van der Waals surface area contributed by atoms with Crippen molar-refractivity contribution in [3.8, 4) is 5.69 Å². The molecule has 0 amide bonds. The van der Waals surface area contributed by atoms with Crippen molar-refractivity contribution in [2.45, 2.75) is 20.0 Å². The van der Waals surface area contributed by atoms with E-state index in [2.05, 4.69) is 30.7 Å². The fourth-order valence-electron chi connectivity index (χ4n) is 2.54. The Labute approximate surface area is 174 Å². The monoisotopic (exact) mass is 484 g/mol. The van der Waals surface area contributed by atoms with Crippen molar-refractivity contribution in [1.82, 2.24) is 34.9 Å². The highest BCUT2D eigenvalue weighted by atomic mass is 127. The Morgan fingerprint density at radius 2 is 2.00 bits per heavy atom. The van der Waals surface area contributed by atoms with Crippen LogP contribution >= 0.6 is 24.0 Å². The topological polar surface area (TPSA) is 84.9 Å². The number of benzene rings is 1. The van der Waals surface area contributed by atoms with Crippen LogP contribution in [-0.2, 0) is 20.1 Å². The lowest BCUT2D eigenvalue weighted by Gasteiger charge is -2.13. The summed E-state index contributed by atoms with van der Waals surface area (Å²) in [5.41, 5.74) is 1.29. The van der Waals surface area contributed by atoms with Gasteiger partial charge in [0.15, 0.2) is 5.96 Å². The molecule has 2 heterocycles. The Kier molecular flexibility index (Phi) is 7.28. The van der Waals surface area contributed by atoms with Gasteiger partial charge in [-0.15, -0.1) is 24.0 Å². The molecule has 27 heavy (non-hydrogen) atoms. The zero-order valence-corrected chi connectivity index (χ0v) is 17.7. The summed E-state index contributed by atoms with van der Waals surface area (Å²) in [5, 5.41) is 10.3. The van der Waals surface area contributed by atoms with Crippen molar-refractivity contribution in [2.24, 2.45) is 12.0 Å². The molecule has 0 aliphatic carbocycles. The average molecular weight is 484 g/mol. The molecule has 0 saturated heterocycles. The van der Waals surface area contributed by atoms with Crippen LogP contribution in [0.2, 0.25) is 0 Å². The Morgan fingerprint density at radius 3 is 2.59 bits per heavy atom. The van der Waals surface area contributed by atoms with Crippen LogP contribution < -0.4 is 10.6 Å². The lowest BCUT2D eigenvalue weighted by molar-refractivity contribution is 0.613. The summed E-state index contributed by atoms with van der Waals surface area (Å²) in [5.74, 6) is 1.83. The molecule has 1 aromatic carbocycles. The number of nitrogens with one attached hydrogen (secondary N) is 2. The van der Waals surface area contributed by atoms with Gasteiger partial charge >= 0.3 is 0 Å². The first-order valence-corrected chi connectivity index (χ1v) is 8.14. The number of aliphatic imine (C=N–C) groups is 1. The molecule has 3 aromatic rings. The fraction of sp³-hybridized carbons (Fsp3) is 0.294. The quantitative estimate of drug-likeness (QED) is 0.329. The fourth-order valence-corrected chi connectivity index (χ4v) is 2.54. The van der Waals surface area contributed by atoms with Crippen LogP contribution in [0.25, 0.3) is 5.69 Å². The minimum Gasteiger partial charge on any atom is -0.352 e.